The second-order valence-corrected chi connectivity index (χ2v) is 3.12. The van der Waals surface area contributed by atoms with E-state index in [2.05, 4.69) is 5.16 Å². The summed E-state index contributed by atoms with van der Waals surface area (Å²) in [5.41, 5.74) is 1.33. The van der Waals surface area contributed by atoms with Gasteiger partial charge in [0.1, 0.15) is 5.36 Å². The van der Waals surface area contributed by atoms with E-state index in [-0.39, 0.29) is 0 Å². The number of fused-ring (bicyclic) bond motifs is 1. The number of para-hydroxylation sites is 1. The van der Waals surface area contributed by atoms with Crippen molar-refractivity contribution in [2.24, 2.45) is 5.16 Å². The first-order valence-corrected chi connectivity index (χ1v) is 4.22. The molecule has 2 N–H and O–H groups in total. The molecule has 4 nitrogen and oxygen atoms in total. The molecule has 0 fully saturated rings. The minimum absolute atomic E-state index is 0.492. The first kappa shape index (κ1) is 8.62. The number of pyridine rings is 1. The zero-order valence-corrected chi connectivity index (χ0v) is 7.68. The summed E-state index contributed by atoms with van der Waals surface area (Å²) < 4.78 is 1.03. The summed E-state index contributed by atoms with van der Waals surface area (Å²) >= 11 is 0. The van der Waals surface area contributed by atoms with Crippen molar-refractivity contribution in [2.75, 3.05) is 0 Å². The highest BCUT2D eigenvalue weighted by atomic mass is 16.5. The van der Waals surface area contributed by atoms with E-state index in [0.717, 1.165) is 10.1 Å². The maximum atomic E-state index is 9.57. The molecule has 0 radical (unpaired) electrons. The lowest BCUT2D eigenvalue weighted by Gasteiger charge is -2.05. The second-order valence-electron chi connectivity index (χ2n) is 3.12. The molecule has 1 heterocycles. The summed E-state index contributed by atoms with van der Waals surface area (Å²) in [5.74, 6) is 0. The Morgan fingerprint density at radius 1 is 1.29 bits per heavy atom. The Bertz CT molecular complexity index is 543. The van der Waals surface area contributed by atoms with E-state index in [4.69, 9.17) is 5.21 Å². The number of aryl methyl sites for hydroxylation is 1. The Morgan fingerprint density at radius 3 is 2.71 bits per heavy atom. The highest BCUT2D eigenvalue weighted by Gasteiger charge is 2.02. The second kappa shape index (κ2) is 3.06. The molecule has 0 amide bonds. The molecule has 14 heavy (non-hydrogen) atoms. The van der Waals surface area contributed by atoms with Crippen LogP contribution in [-0.4, -0.2) is 15.1 Å². The van der Waals surface area contributed by atoms with Crippen LogP contribution in [0.1, 0.15) is 5.56 Å². The van der Waals surface area contributed by atoms with Gasteiger partial charge in [0.15, 0.2) is 0 Å². The molecular weight excluding hydrogens is 180 g/mol. The van der Waals surface area contributed by atoms with E-state index in [1.807, 2.05) is 12.1 Å². The normalized spacial score (nSPS) is 12.2. The number of rotatable bonds is 0. The molecule has 1 aromatic carbocycles. The van der Waals surface area contributed by atoms with Gasteiger partial charge in [-0.2, -0.15) is 4.73 Å². The lowest BCUT2D eigenvalue weighted by Crippen LogP contribution is -2.12. The van der Waals surface area contributed by atoms with Crippen LogP contribution in [-0.2, 0) is 0 Å². The van der Waals surface area contributed by atoms with Gasteiger partial charge in [-0.1, -0.05) is 23.4 Å². The van der Waals surface area contributed by atoms with Crippen LogP contribution >= 0.6 is 0 Å². The maximum absolute atomic E-state index is 9.57. The van der Waals surface area contributed by atoms with Crippen molar-refractivity contribution in [3.8, 4) is 0 Å². The Balaban J connectivity index is 3.07. The summed E-state index contributed by atoms with van der Waals surface area (Å²) in [5, 5.41) is 22.8. The van der Waals surface area contributed by atoms with Gasteiger partial charge in [-0.25, -0.2) is 0 Å². The third-order valence-corrected chi connectivity index (χ3v) is 2.20. The highest BCUT2D eigenvalue weighted by molar-refractivity contribution is 5.78. The molecule has 0 spiro atoms. The lowest BCUT2D eigenvalue weighted by molar-refractivity contribution is 0.197. The van der Waals surface area contributed by atoms with Crippen molar-refractivity contribution in [1.82, 2.24) is 4.73 Å². The van der Waals surface area contributed by atoms with Gasteiger partial charge in [0, 0.05) is 11.6 Å². The molecule has 0 saturated heterocycles. The Hall–Kier alpha value is -1.97. The molecule has 2 aromatic rings. The van der Waals surface area contributed by atoms with Crippen molar-refractivity contribution in [1.29, 1.82) is 0 Å². The van der Waals surface area contributed by atoms with Gasteiger partial charge in [0.05, 0.1) is 5.52 Å². The molecule has 0 bridgehead atoms. The van der Waals surface area contributed by atoms with Crippen LogP contribution in [0.5, 0.6) is 0 Å². The standard InChI is InChI=1S/C10H10N2O2/c1-7-6-12(14)9-5-3-2-4-8(9)10(7)11-13/h2-6,13-14H,1H3/b11-10+. The van der Waals surface area contributed by atoms with E-state index in [1.54, 1.807) is 19.1 Å². The molecular formula is C10H10N2O2. The van der Waals surface area contributed by atoms with E-state index >= 15 is 0 Å². The Kier molecular flexibility index (Phi) is 1.89. The lowest BCUT2D eigenvalue weighted by atomic mass is 10.1. The monoisotopic (exact) mass is 190 g/mol. The van der Waals surface area contributed by atoms with Crippen molar-refractivity contribution in [3.63, 3.8) is 0 Å². The first-order chi connectivity index (χ1) is 6.74. The largest absolute Gasteiger partial charge is 0.428 e. The molecule has 72 valence electrons. The fourth-order valence-corrected chi connectivity index (χ4v) is 1.53. The van der Waals surface area contributed by atoms with E-state index < -0.39 is 0 Å². The van der Waals surface area contributed by atoms with Gasteiger partial charge in [-0.05, 0) is 18.6 Å². The van der Waals surface area contributed by atoms with Gasteiger partial charge in [0.2, 0.25) is 0 Å². The van der Waals surface area contributed by atoms with Crippen molar-refractivity contribution >= 4 is 10.9 Å². The van der Waals surface area contributed by atoms with Crippen LogP contribution in [0.3, 0.4) is 0 Å². The summed E-state index contributed by atoms with van der Waals surface area (Å²) in [7, 11) is 0. The van der Waals surface area contributed by atoms with Gasteiger partial charge in [0.25, 0.3) is 0 Å². The number of hydrogen-bond acceptors (Lipinski definition) is 3. The minimum Gasteiger partial charge on any atom is -0.428 e. The topological polar surface area (TPSA) is 57.8 Å². The quantitative estimate of drug-likeness (QED) is 0.375. The highest BCUT2D eigenvalue weighted by Crippen LogP contribution is 2.09. The third-order valence-electron chi connectivity index (χ3n) is 2.20. The number of nitrogens with zero attached hydrogens (tertiary/aromatic N) is 2. The minimum atomic E-state index is 0.492. The summed E-state index contributed by atoms with van der Waals surface area (Å²) in [4.78, 5) is 0. The van der Waals surface area contributed by atoms with Crippen LogP contribution < -0.4 is 5.36 Å². The Morgan fingerprint density at radius 2 is 2.00 bits per heavy atom. The molecule has 0 atom stereocenters. The Labute approximate surface area is 80.3 Å². The average Bonchev–Trinajstić information content (AvgIpc) is 2.18. The van der Waals surface area contributed by atoms with Crippen molar-refractivity contribution in [3.05, 3.63) is 41.4 Å². The molecule has 2 rings (SSSR count). The van der Waals surface area contributed by atoms with Gasteiger partial charge >= 0.3 is 0 Å². The fraction of sp³-hybridized carbons (Fsp3) is 0.100. The van der Waals surface area contributed by atoms with Crippen LogP contribution in [0.2, 0.25) is 0 Å². The molecule has 1 aromatic heterocycles. The van der Waals surface area contributed by atoms with E-state index in [0.29, 0.717) is 16.4 Å². The van der Waals surface area contributed by atoms with Gasteiger partial charge in [-0.15, -0.1) is 0 Å². The molecule has 0 unspecified atom stereocenters. The molecule has 4 heteroatoms. The zero-order chi connectivity index (χ0) is 10.1. The maximum Gasteiger partial charge on any atom is 0.116 e. The van der Waals surface area contributed by atoms with Crippen LogP contribution in [0, 0.1) is 6.92 Å². The predicted molar refractivity (Wildman–Crippen MR) is 51.2 cm³/mol. The SMILES string of the molecule is Cc1cn(O)c2ccccc2/c1=N/O. The van der Waals surface area contributed by atoms with Crippen molar-refractivity contribution < 1.29 is 10.4 Å². The van der Waals surface area contributed by atoms with Crippen molar-refractivity contribution in [2.45, 2.75) is 6.92 Å². The molecule has 0 aliphatic rings. The number of benzene rings is 1. The van der Waals surface area contributed by atoms with E-state index in [9.17, 15) is 5.21 Å². The van der Waals surface area contributed by atoms with Crippen LogP contribution in [0.25, 0.3) is 10.9 Å². The van der Waals surface area contributed by atoms with Gasteiger partial charge < -0.3 is 10.4 Å². The fourth-order valence-electron chi connectivity index (χ4n) is 1.53. The van der Waals surface area contributed by atoms with Crippen LogP contribution in [0.4, 0.5) is 0 Å². The smallest absolute Gasteiger partial charge is 0.116 e. The zero-order valence-electron chi connectivity index (χ0n) is 7.68. The third kappa shape index (κ3) is 1.12. The molecule has 0 aliphatic carbocycles. The molecule has 0 aliphatic heterocycles. The predicted octanol–water partition coefficient (Wildman–Crippen LogP) is 1.48. The molecule has 0 saturated carbocycles. The summed E-state index contributed by atoms with van der Waals surface area (Å²) in [6, 6.07) is 7.19. The first-order valence-electron chi connectivity index (χ1n) is 4.22. The summed E-state index contributed by atoms with van der Waals surface area (Å²) in [6.07, 6.45) is 1.51. The number of hydrogen-bond donors (Lipinski definition) is 2. The van der Waals surface area contributed by atoms with Crippen LogP contribution in [0.15, 0.2) is 35.6 Å². The average molecular weight is 190 g/mol. The number of aromatic nitrogens is 1. The summed E-state index contributed by atoms with van der Waals surface area (Å²) in [6.45, 7) is 1.77. The van der Waals surface area contributed by atoms with E-state index in [1.165, 1.54) is 6.20 Å². The van der Waals surface area contributed by atoms with Gasteiger partial charge in [-0.3, -0.25) is 0 Å².